The van der Waals surface area contributed by atoms with Crippen molar-refractivity contribution < 1.29 is 24.2 Å². The van der Waals surface area contributed by atoms with Gasteiger partial charge in [0.15, 0.2) is 5.76 Å². The molecule has 1 aromatic heterocycles. The summed E-state index contributed by atoms with van der Waals surface area (Å²) in [5.41, 5.74) is 1.26. The highest BCUT2D eigenvalue weighted by Gasteiger charge is 2.14. The highest BCUT2D eigenvalue weighted by Crippen LogP contribution is 2.23. The summed E-state index contributed by atoms with van der Waals surface area (Å²) in [4.78, 5) is 23.1. The smallest absolute Gasteiger partial charge is 0.339 e. The molecule has 2 aromatic carbocycles. The summed E-state index contributed by atoms with van der Waals surface area (Å²) in [6.45, 7) is 0. The van der Waals surface area contributed by atoms with Gasteiger partial charge in [-0.3, -0.25) is 4.79 Å². The summed E-state index contributed by atoms with van der Waals surface area (Å²) in [7, 11) is 0. The predicted octanol–water partition coefficient (Wildman–Crippen LogP) is 4.37. The molecule has 0 saturated heterocycles. The quantitative estimate of drug-likeness (QED) is 0.560. The molecule has 3 aromatic rings. The number of rotatable bonds is 7. The Hall–Kier alpha value is -3.19. The molecule has 0 aliphatic rings. The van der Waals surface area contributed by atoms with Crippen LogP contribution in [0.3, 0.4) is 0 Å². The summed E-state index contributed by atoms with van der Waals surface area (Å²) in [6.07, 6.45) is 0. The maximum atomic E-state index is 12.2. The van der Waals surface area contributed by atoms with Gasteiger partial charge in [0.2, 0.25) is 0 Å². The van der Waals surface area contributed by atoms with Gasteiger partial charge in [0.05, 0.1) is 5.75 Å². The Morgan fingerprint density at radius 2 is 1.78 bits per heavy atom. The normalized spacial score (nSPS) is 10.5. The number of thioether (sulfide) groups is 1. The fourth-order valence-corrected chi connectivity index (χ4v) is 3.29. The van der Waals surface area contributed by atoms with Crippen molar-refractivity contribution in [3.05, 3.63) is 83.3 Å². The molecule has 0 bridgehead atoms. The van der Waals surface area contributed by atoms with E-state index in [-0.39, 0.29) is 17.0 Å². The summed E-state index contributed by atoms with van der Waals surface area (Å²) >= 11 is 1.68. The second-order valence-electron chi connectivity index (χ2n) is 5.74. The van der Waals surface area contributed by atoms with E-state index in [0.29, 0.717) is 11.5 Å². The number of hydrogen-bond donors (Lipinski definition) is 3. The van der Waals surface area contributed by atoms with Crippen molar-refractivity contribution in [1.82, 2.24) is 0 Å². The fraction of sp³-hybridized carbons (Fsp3) is 0.100. The molecule has 3 N–H and O–H groups in total. The molecule has 27 heavy (non-hydrogen) atoms. The number of carboxylic acids is 1. The molecule has 0 aliphatic carbocycles. The van der Waals surface area contributed by atoms with Gasteiger partial charge in [0.25, 0.3) is 5.91 Å². The van der Waals surface area contributed by atoms with E-state index in [2.05, 4.69) is 17.4 Å². The van der Waals surface area contributed by atoms with Crippen molar-refractivity contribution in [2.45, 2.75) is 11.5 Å². The monoisotopic (exact) mass is 383 g/mol. The van der Waals surface area contributed by atoms with Crippen LogP contribution in [0.15, 0.2) is 65.1 Å². The molecule has 7 heteroatoms. The zero-order valence-electron chi connectivity index (χ0n) is 14.2. The third kappa shape index (κ3) is 4.92. The summed E-state index contributed by atoms with van der Waals surface area (Å²) < 4.78 is 5.56. The van der Waals surface area contributed by atoms with E-state index >= 15 is 0 Å². The molecular formula is C20H17NO5S. The average molecular weight is 383 g/mol. The van der Waals surface area contributed by atoms with Crippen LogP contribution in [0.5, 0.6) is 5.75 Å². The topological polar surface area (TPSA) is 99.8 Å². The minimum atomic E-state index is -1.24. The lowest BCUT2D eigenvalue weighted by Crippen LogP contribution is -2.11. The molecule has 1 heterocycles. The van der Waals surface area contributed by atoms with E-state index in [9.17, 15) is 14.7 Å². The predicted molar refractivity (Wildman–Crippen MR) is 103 cm³/mol. The Morgan fingerprint density at radius 1 is 1.00 bits per heavy atom. The first-order valence-electron chi connectivity index (χ1n) is 8.11. The van der Waals surface area contributed by atoms with Gasteiger partial charge in [0.1, 0.15) is 17.1 Å². The number of hydrogen-bond acceptors (Lipinski definition) is 5. The molecule has 0 radical (unpaired) electrons. The summed E-state index contributed by atoms with van der Waals surface area (Å²) in [5.74, 6) is 0.176. The van der Waals surface area contributed by atoms with E-state index in [1.807, 2.05) is 18.2 Å². The van der Waals surface area contributed by atoms with Crippen LogP contribution >= 0.6 is 11.8 Å². The molecule has 0 spiro atoms. The average Bonchev–Trinajstić information content (AvgIpc) is 3.11. The van der Waals surface area contributed by atoms with E-state index in [0.717, 1.165) is 5.75 Å². The van der Waals surface area contributed by atoms with Crippen molar-refractivity contribution in [2.24, 2.45) is 0 Å². The number of anilines is 1. The van der Waals surface area contributed by atoms with Crippen LogP contribution in [-0.4, -0.2) is 22.1 Å². The van der Waals surface area contributed by atoms with Gasteiger partial charge in [-0.1, -0.05) is 30.3 Å². The van der Waals surface area contributed by atoms with Gasteiger partial charge in [-0.2, -0.15) is 0 Å². The number of benzene rings is 2. The van der Waals surface area contributed by atoms with Crippen LogP contribution in [-0.2, 0) is 11.5 Å². The van der Waals surface area contributed by atoms with Crippen LogP contribution in [0, 0.1) is 0 Å². The highest BCUT2D eigenvalue weighted by molar-refractivity contribution is 7.97. The van der Waals surface area contributed by atoms with Crippen molar-refractivity contribution in [3.63, 3.8) is 0 Å². The SMILES string of the molecule is O=C(Nc1ccc(C(=O)O)c(O)c1)c1ccc(CSCc2ccccc2)o1. The molecular weight excluding hydrogens is 366 g/mol. The lowest BCUT2D eigenvalue weighted by Gasteiger charge is -2.05. The minimum absolute atomic E-state index is 0.145. The third-order valence-corrected chi connectivity index (χ3v) is 4.75. The lowest BCUT2D eigenvalue weighted by atomic mass is 10.2. The van der Waals surface area contributed by atoms with Gasteiger partial charge >= 0.3 is 5.97 Å². The first kappa shape index (κ1) is 18.6. The molecule has 0 saturated carbocycles. The number of aromatic carboxylic acids is 1. The molecule has 0 fully saturated rings. The molecule has 1 amide bonds. The maximum absolute atomic E-state index is 12.2. The van der Waals surface area contributed by atoms with Crippen LogP contribution in [0.25, 0.3) is 0 Å². The minimum Gasteiger partial charge on any atom is -0.507 e. The van der Waals surface area contributed by atoms with E-state index in [4.69, 9.17) is 9.52 Å². The Morgan fingerprint density at radius 3 is 2.48 bits per heavy atom. The fourth-order valence-electron chi connectivity index (χ4n) is 2.40. The van der Waals surface area contributed by atoms with E-state index in [1.54, 1.807) is 23.9 Å². The zero-order valence-corrected chi connectivity index (χ0v) is 15.0. The number of carbonyl (C=O) groups excluding carboxylic acids is 1. The van der Waals surface area contributed by atoms with Gasteiger partial charge in [-0.05, 0) is 29.8 Å². The zero-order chi connectivity index (χ0) is 19.2. The Kier molecular flexibility index (Phi) is 5.83. The second-order valence-corrected chi connectivity index (χ2v) is 6.72. The van der Waals surface area contributed by atoms with Crippen molar-refractivity contribution in [2.75, 3.05) is 5.32 Å². The Balaban J connectivity index is 1.56. The van der Waals surface area contributed by atoms with Gasteiger partial charge < -0.3 is 19.9 Å². The molecule has 0 aliphatic heterocycles. The van der Waals surface area contributed by atoms with Crippen molar-refractivity contribution >= 4 is 29.3 Å². The number of carbonyl (C=O) groups is 2. The van der Waals surface area contributed by atoms with Crippen LogP contribution < -0.4 is 5.32 Å². The molecule has 0 unspecified atom stereocenters. The first-order chi connectivity index (χ1) is 13.0. The number of carboxylic acid groups (broad SMARTS) is 1. The number of furan rings is 1. The van der Waals surface area contributed by atoms with Crippen molar-refractivity contribution in [3.8, 4) is 5.75 Å². The number of aromatic hydroxyl groups is 1. The maximum Gasteiger partial charge on any atom is 0.339 e. The van der Waals surface area contributed by atoms with E-state index in [1.165, 1.54) is 23.8 Å². The van der Waals surface area contributed by atoms with Crippen LogP contribution in [0.2, 0.25) is 0 Å². The standard InChI is InChI=1S/C20H17NO5S/c22-17-10-14(6-8-16(17)20(24)25)21-19(23)18-9-7-15(26-18)12-27-11-13-4-2-1-3-5-13/h1-10,22H,11-12H2,(H,21,23)(H,24,25). The van der Waals surface area contributed by atoms with Crippen LogP contribution in [0.4, 0.5) is 5.69 Å². The van der Waals surface area contributed by atoms with Crippen molar-refractivity contribution in [1.29, 1.82) is 0 Å². The molecule has 0 atom stereocenters. The van der Waals surface area contributed by atoms with Gasteiger partial charge in [-0.25, -0.2) is 4.79 Å². The molecule has 6 nitrogen and oxygen atoms in total. The first-order valence-corrected chi connectivity index (χ1v) is 9.26. The third-order valence-electron chi connectivity index (χ3n) is 3.73. The lowest BCUT2D eigenvalue weighted by molar-refractivity contribution is 0.0693. The van der Waals surface area contributed by atoms with Gasteiger partial charge in [-0.15, -0.1) is 11.8 Å². The highest BCUT2D eigenvalue weighted by atomic mass is 32.2. The molecule has 138 valence electrons. The molecule has 3 rings (SSSR count). The number of nitrogens with one attached hydrogen (secondary N) is 1. The van der Waals surface area contributed by atoms with E-state index < -0.39 is 17.6 Å². The van der Waals surface area contributed by atoms with Gasteiger partial charge in [0, 0.05) is 17.5 Å². The Bertz CT molecular complexity index is 952. The summed E-state index contributed by atoms with van der Waals surface area (Å²) in [6, 6.07) is 17.2. The van der Waals surface area contributed by atoms with Crippen LogP contribution in [0.1, 0.15) is 32.2 Å². The Labute approximate surface area is 159 Å². The summed E-state index contributed by atoms with van der Waals surface area (Å²) in [5, 5.41) is 21.1. The number of amides is 1. The number of phenols is 1. The largest absolute Gasteiger partial charge is 0.507 e. The second kappa shape index (κ2) is 8.46.